The first-order valence-corrected chi connectivity index (χ1v) is 9.91. The SMILES string of the molecule is COc1ccc2c3c1O[C@@H]1C(OC)(OC)SCC4[C@H](C2)N(C)CCC341. The van der Waals surface area contributed by atoms with Crippen LogP contribution in [0.2, 0.25) is 0 Å². The number of nitrogens with zero attached hydrogens (tertiary/aromatic N) is 1. The lowest BCUT2D eigenvalue weighted by Crippen LogP contribution is -2.70. The van der Waals surface area contributed by atoms with Gasteiger partial charge in [0.2, 0.25) is 0 Å². The monoisotopic (exact) mass is 363 g/mol. The molecule has 0 N–H and O–H groups in total. The molecule has 0 amide bonds. The molecule has 5 rings (SSSR count). The van der Waals surface area contributed by atoms with Gasteiger partial charge in [0.05, 0.1) is 7.11 Å². The molecule has 3 aliphatic heterocycles. The molecule has 0 saturated carbocycles. The first kappa shape index (κ1) is 16.2. The van der Waals surface area contributed by atoms with Gasteiger partial charge in [0, 0.05) is 37.0 Å². The van der Waals surface area contributed by atoms with Crippen LogP contribution in [0.4, 0.5) is 0 Å². The smallest absolute Gasteiger partial charge is 0.257 e. The van der Waals surface area contributed by atoms with Gasteiger partial charge in [0.25, 0.3) is 5.12 Å². The molecule has 1 spiro atoms. The van der Waals surface area contributed by atoms with Crippen LogP contribution in [0.1, 0.15) is 17.5 Å². The Morgan fingerprint density at radius 1 is 1.24 bits per heavy atom. The van der Waals surface area contributed by atoms with Crippen molar-refractivity contribution in [3.05, 3.63) is 23.3 Å². The van der Waals surface area contributed by atoms with Gasteiger partial charge in [-0.1, -0.05) is 17.8 Å². The second-order valence-electron chi connectivity index (χ2n) is 7.60. The van der Waals surface area contributed by atoms with Gasteiger partial charge in [0.15, 0.2) is 17.6 Å². The number of likely N-dealkylation sites (tertiary alicyclic amines) is 1. The maximum atomic E-state index is 6.62. The molecule has 136 valence electrons. The highest BCUT2D eigenvalue weighted by atomic mass is 32.2. The highest BCUT2D eigenvalue weighted by molar-refractivity contribution is 8.00. The number of methoxy groups -OCH3 is 3. The largest absolute Gasteiger partial charge is 0.493 e. The van der Waals surface area contributed by atoms with E-state index in [4.69, 9.17) is 18.9 Å². The fourth-order valence-corrected chi connectivity index (χ4v) is 7.36. The zero-order chi connectivity index (χ0) is 17.4. The molecule has 6 heteroatoms. The zero-order valence-electron chi connectivity index (χ0n) is 15.2. The van der Waals surface area contributed by atoms with Gasteiger partial charge in [-0.2, -0.15) is 0 Å². The number of piperidine rings is 1. The van der Waals surface area contributed by atoms with Gasteiger partial charge in [-0.05, 0) is 44.0 Å². The normalized spacial score (nSPS) is 37.4. The lowest BCUT2D eigenvalue weighted by molar-refractivity contribution is -0.214. The molecule has 2 bridgehead atoms. The molecule has 5 nitrogen and oxygen atoms in total. The molecule has 4 aliphatic rings. The van der Waals surface area contributed by atoms with Crippen molar-refractivity contribution in [1.82, 2.24) is 4.90 Å². The minimum absolute atomic E-state index is 0.0497. The number of ether oxygens (including phenoxy) is 4. The van der Waals surface area contributed by atoms with Crippen molar-refractivity contribution in [2.45, 2.75) is 35.5 Å². The van der Waals surface area contributed by atoms with Crippen LogP contribution in [0.5, 0.6) is 11.5 Å². The Hall–Kier alpha value is -0.950. The van der Waals surface area contributed by atoms with Crippen molar-refractivity contribution in [1.29, 1.82) is 0 Å². The zero-order valence-corrected chi connectivity index (χ0v) is 16.0. The van der Waals surface area contributed by atoms with Crippen LogP contribution in [0.15, 0.2) is 12.1 Å². The number of likely N-dealkylation sites (N-methyl/N-ethyl adjacent to an activating group) is 1. The molecule has 2 unspecified atom stereocenters. The van der Waals surface area contributed by atoms with Crippen molar-refractivity contribution in [2.24, 2.45) is 5.92 Å². The lowest BCUT2D eigenvalue weighted by Gasteiger charge is -2.60. The summed E-state index contributed by atoms with van der Waals surface area (Å²) < 4.78 is 24.1. The fraction of sp³-hybridized carbons (Fsp3) is 0.684. The molecular formula is C19H25NO4S. The number of hydrogen-bond acceptors (Lipinski definition) is 6. The van der Waals surface area contributed by atoms with Crippen LogP contribution in [0.25, 0.3) is 0 Å². The number of rotatable bonds is 3. The second-order valence-corrected chi connectivity index (χ2v) is 8.79. The maximum absolute atomic E-state index is 6.62. The van der Waals surface area contributed by atoms with Crippen molar-refractivity contribution >= 4 is 11.8 Å². The van der Waals surface area contributed by atoms with E-state index in [2.05, 4.69) is 18.0 Å². The quantitative estimate of drug-likeness (QED) is 0.768. The Morgan fingerprint density at radius 3 is 2.76 bits per heavy atom. The van der Waals surface area contributed by atoms with Crippen LogP contribution in [-0.2, 0) is 21.3 Å². The Bertz CT molecular complexity index is 722. The summed E-state index contributed by atoms with van der Waals surface area (Å²) in [6.07, 6.45) is 2.00. The van der Waals surface area contributed by atoms with E-state index in [9.17, 15) is 0 Å². The Morgan fingerprint density at radius 2 is 2.04 bits per heavy atom. The van der Waals surface area contributed by atoms with Crippen molar-refractivity contribution < 1.29 is 18.9 Å². The van der Waals surface area contributed by atoms with E-state index in [1.54, 1.807) is 33.1 Å². The maximum Gasteiger partial charge on any atom is 0.257 e. The predicted octanol–water partition coefficient (Wildman–Crippen LogP) is 2.26. The Balaban J connectivity index is 1.78. The first-order valence-electron chi connectivity index (χ1n) is 8.93. The average molecular weight is 363 g/mol. The molecule has 4 atom stereocenters. The summed E-state index contributed by atoms with van der Waals surface area (Å²) in [7, 11) is 7.44. The first-order chi connectivity index (χ1) is 12.1. The average Bonchev–Trinajstić information content (AvgIpc) is 3.00. The molecule has 3 heterocycles. The van der Waals surface area contributed by atoms with E-state index >= 15 is 0 Å². The Kier molecular flexibility index (Phi) is 3.43. The van der Waals surface area contributed by atoms with Gasteiger partial charge in [0.1, 0.15) is 0 Å². The molecule has 1 aromatic carbocycles. The predicted molar refractivity (Wildman–Crippen MR) is 96.5 cm³/mol. The number of thioether (sulfide) groups is 1. The molecule has 0 radical (unpaired) electrons. The molecule has 25 heavy (non-hydrogen) atoms. The molecule has 1 aliphatic carbocycles. The highest BCUT2D eigenvalue weighted by Crippen LogP contribution is 2.66. The van der Waals surface area contributed by atoms with Gasteiger partial charge < -0.3 is 23.8 Å². The standard InChI is InChI=1S/C19H25NO4S/c1-20-8-7-18-12-10-25-19(22-3,23-4)17(18)24-16-14(21-2)6-5-11(15(16)18)9-13(12)20/h5-6,12-13,17H,7-10H2,1-4H3/t12?,13-,17-,18?/m0/s1. The van der Waals surface area contributed by atoms with Crippen LogP contribution in [0, 0.1) is 5.92 Å². The van der Waals surface area contributed by atoms with E-state index < -0.39 is 5.12 Å². The van der Waals surface area contributed by atoms with Crippen LogP contribution in [-0.4, -0.2) is 62.8 Å². The van der Waals surface area contributed by atoms with Crippen LogP contribution in [0.3, 0.4) is 0 Å². The highest BCUT2D eigenvalue weighted by Gasteiger charge is 2.70. The molecular weight excluding hydrogens is 338 g/mol. The van der Waals surface area contributed by atoms with E-state index in [-0.39, 0.29) is 11.5 Å². The Labute approximate surface area is 152 Å². The summed E-state index contributed by atoms with van der Waals surface area (Å²) in [4.78, 5) is 2.53. The summed E-state index contributed by atoms with van der Waals surface area (Å²) in [5.41, 5.74) is 2.72. The van der Waals surface area contributed by atoms with Crippen molar-refractivity contribution in [3.8, 4) is 11.5 Å². The van der Waals surface area contributed by atoms with Gasteiger partial charge in [-0.25, -0.2) is 0 Å². The van der Waals surface area contributed by atoms with Crippen molar-refractivity contribution in [3.63, 3.8) is 0 Å². The molecule has 0 aromatic heterocycles. The molecule has 1 aromatic rings. The summed E-state index contributed by atoms with van der Waals surface area (Å²) in [6.45, 7) is 1.07. The summed E-state index contributed by atoms with van der Waals surface area (Å²) in [5.74, 6) is 3.30. The number of hydrogen-bond donors (Lipinski definition) is 0. The topological polar surface area (TPSA) is 40.2 Å². The van der Waals surface area contributed by atoms with E-state index in [1.807, 2.05) is 6.07 Å². The molecule has 2 saturated heterocycles. The van der Waals surface area contributed by atoms with Gasteiger partial charge in [-0.15, -0.1) is 0 Å². The van der Waals surface area contributed by atoms with E-state index in [0.717, 1.165) is 36.6 Å². The third-order valence-corrected chi connectivity index (χ3v) is 8.43. The minimum Gasteiger partial charge on any atom is -0.493 e. The van der Waals surface area contributed by atoms with Gasteiger partial charge >= 0.3 is 0 Å². The third-order valence-electron chi connectivity index (χ3n) is 6.95. The van der Waals surface area contributed by atoms with Crippen LogP contribution >= 0.6 is 11.8 Å². The fourth-order valence-electron chi connectivity index (χ4n) is 5.78. The minimum atomic E-state index is -0.768. The van der Waals surface area contributed by atoms with E-state index in [1.165, 1.54) is 11.1 Å². The summed E-state index contributed by atoms with van der Waals surface area (Å²) in [6, 6.07) is 4.83. The van der Waals surface area contributed by atoms with Crippen molar-refractivity contribution in [2.75, 3.05) is 40.7 Å². The third kappa shape index (κ3) is 1.77. The van der Waals surface area contributed by atoms with Gasteiger partial charge in [-0.3, -0.25) is 0 Å². The number of benzene rings is 1. The summed E-state index contributed by atoms with van der Waals surface area (Å²) in [5, 5.41) is -0.768. The molecule has 2 fully saturated rings. The second kappa shape index (κ2) is 5.28. The van der Waals surface area contributed by atoms with Crippen LogP contribution < -0.4 is 9.47 Å². The lowest BCUT2D eigenvalue weighted by atomic mass is 9.56. The van der Waals surface area contributed by atoms with E-state index in [0.29, 0.717) is 12.0 Å². The summed E-state index contributed by atoms with van der Waals surface area (Å²) >= 11 is 1.75.